The Bertz CT molecular complexity index is 636. The molecule has 2 aromatic rings. The van der Waals surface area contributed by atoms with Gasteiger partial charge in [0.25, 0.3) is 5.91 Å². The molecule has 2 rings (SSSR count). The quantitative estimate of drug-likeness (QED) is 0.895. The molecule has 102 valence electrons. The minimum Gasteiger partial charge on any atom is -0.476 e. The number of carboxylic acids is 1. The molecule has 1 amide bonds. The number of hydrogen-bond acceptors (Lipinski definition) is 3. The van der Waals surface area contributed by atoms with Gasteiger partial charge in [0.2, 0.25) is 0 Å². The van der Waals surface area contributed by atoms with E-state index in [-0.39, 0.29) is 17.3 Å². The number of pyridine rings is 1. The van der Waals surface area contributed by atoms with Crippen molar-refractivity contribution in [3.05, 3.63) is 59.4 Å². The van der Waals surface area contributed by atoms with Gasteiger partial charge in [-0.2, -0.15) is 0 Å². The highest BCUT2D eigenvalue weighted by Gasteiger charge is 2.14. The van der Waals surface area contributed by atoms with Crippen LogP contribution in [0, 0.1) is 0 Å². The van der Waals surface area contributed by atoms with Crippen molar-refractivity contribution in [2.75, 3.05) is 5.32 Å². The number of carboxylic acid groups (broad SMARTS) is 1. The zero-order valence-corrected chi connectivity index (χ0v) is 11.0. The summed E-state index contributed by atoms with van der Waals surface area (Å²) in [4.78, 5) is 26.8. The summed E-state index contributed by atoms with van der Waals surface area (Å²) in [5.74, 6) is -1.54. The molecule has 2 N–H and O–H groups in total. The van der Waals surface area contributed by atoms with E-state index in [2.05, 4.69) is 10.3 Å². The fourth-order valence-electron chi connectivity index (χ4n) is 1.76. The zero-order chi connectivity index (χ0) is 14.5. The smallest absolute Gasteiger partial charge is 0.356 e. The topological polar surface area (TPSA) is 79.3 Å². The van der Waals surface area contributed by atoms with Gasteiger partial charge in [-0.05, 0) is 36.2 Å². The van der Waals surface area contributed by atoms with E-state index in [4.69, 9.17) is 5.11 Å². The number of carbonyl (C=O) groups excluding carboxylic acids is 1. The first-order valence-corrected chi connectivity index (χ1v) is 6.20. The molecule has 0 bridgehead atoms. The van der Waals surface area contributed by atoms with Crippen LogP contribution in [-0.2, 0) is 6.42 Å². The van der Waals surface area contributed by atoms with Crippen LogP contribution in [-0.4, -0.2) is 22.0 Å². The fraction of sp³-hybridized carbons (Fsp3) is 0.133. The number of hydrogen-bond donors (Lipinski definition) is 2. The minimum absolute atomic E-state index is 0.175. The predicted molar refractivity (Wildman–Crippen MR) is 75.0 cm³/mol. The molecule has 0 atom stereocenters. The molecule has 0 fully saturated rings. The second-order valence-corrected chi connectivity index (χ2v) is 4.21. The standard InChI is InChI=1S/C15H14N2O3/c1-2-10-5-7-11(8-6-10)14(18)17-12-4-3-9-16-13(12)15(19)20/h3-9H,2H2,1H3,(H,17,18)(H,19,20). The van der Waals surface area contributed by atoms with Crippen molar-refractivity contribution in [3.8, 4) is 0 Å². The molecule has 1 aromatic carbocycles. The molecule has 1 aromatic heterocycles. The summed E-state index contributed by atoms with van der Waals surface area (Å²) < 4.78 is 0. The van der Waals surface area contributed by atoms with E-state index in [9.17, 15) is 9.59 Å². The Morgan fingerprint density at radius 3 is 2.50 bits per heavy atom. The molecule has 0 aliphatic heterocycles. The number of anilines is 1. The van der Waals surface area contributed by atoms with Crippen LogP contribution in [0.4, 0.5) is 5.69 Å². The van der Waals surface area contributed by atoms with Gasteiger partial charge >= 0.3 is 5.97 Å². The number of aromatic carboxylic acids is 1. The number of nitrogens with one attached hydrogen (secondary N) is 1. The summed E-state index contributed by atoms with van der Waals surface area (Å²) in [6, 6.07) is 10.2. The van der Waals surface area contributed by atoms with E-state index in [1.54, 1.807) is 18.2 Å². The van der Waals surface area contributed by atoms with Gasteiger partial charge in [0.15, 0.2) is 5.69 Å². The third kappa shape index (κ3) is 3.00. The highest BCUT2D eigenvalue weighted by molar-refractivity contribution is 6.07. The predicted octanol–water partition coefficient (Wildman–Crippen LogP) is 2.59. The molecular formula is C15H14N2O3. The van der Waals surface area contributed by atoms with Gasteiger partial charge < -0.3 is 10.4 Å². The Morgan fingerprint density at radius 2 is 1.90 bits per heavy atom. The van der Waals surface area contributed by atoms with Crippen molar-refractivity contribution < 1.29 is 14.7 Å². The van der Waals surface area contributed by atoms with Gasteiger partial charge in [-0.25, -0.2) is 9.78 Å². The molecule has 0 aliphatic rings. The summed E-state index contributed by atoms with van der Waals surface area (Å²) in [7, 11) is 0. The Morgan fingerprint density at radius 1 is 1.20 bits per heavy atom. The van der Waals surface area contributed by atoms with E-state index in [1.807, 2.05) is 19.1 Å². The van der Waals surface area contributed by atoms with Gasteiger partial charge in [-0.3, -0.25) is 4.79 Å². The molecule has 5 nitrogen and oxygen atoms in total. The average molecular weight is 270 g/mol. The lowest BCUT2D eigenvalue weighted by Crippen LogP contribution is -2.15. The van der Waals surface area contributed by atoms with Gasteiger partial charge in [0.05, 0.1) is 5.69 Å². The number of amides is 1. The highest BCUT2D eigenvalue weighted by Crippen LogP contribution is 2.14. The summed E-state index contributed by atoms with van der Waals surface area (Å²) in [5, 5.41) is 11.6. The first-order valence-electron chi connectivity index (χ1n) is 6.20. The van der Waals surface area contributed by atoms with E-state index < -0.39 is 5.97 Å². The van der Waals surface area contributed by atoms with Crippen molar-refractivity contribution in [1.82, 2.24) is 4.98 Å². The molecule has 0 spiro atoms. The molecule has 0 saturated heterocycles. The van der Waals surface area contributed by atoms with Crippen molar-refractivity contribution in [3.63, 3.8) is 0 Å². The molecule has 0 saturated carbocycles. The highest BCUT2D eigenvalue weighted by atomic mass is 16.4. The van der Waals surface area contributed by atoms with Gasteiger partial charge in [-0.15, -0.1) is 0 Å². The third-order valence-corrected chi connectivity index (χ3v) is 2.88. The van der Waals surface area contributed by atoms with Crippen molar-refractivity contribution in [1.29, 1.82) is 0 Å². The largest absolute Gasteiger partial charge is 0.476 e. The van der Waals surface area contributed by atoms with Crippen LogP contribution in [0.3, 0.4) is 0 Å². The summed E-state index contributed by atoms with van der Waals surface area (Å²) in [6.07, 6.45) is 2.27. The Hall–Kier alpha value is -2.69. The van der Waals surface area contributed by atoms with Crippen LogP contribution in [0.1, 0.15) is 33.3 Å². The van der Waals surface area contributed by atoms with Crippen LogP contribution in [0.5, 0.6) is 0 Å². The normalized spacial score (nSPS) is 10.1. The van der Waals surface area contributed by atoms with Crippen molar-refractivity contribution >= 4 is 17.6 Å². The van der Waals surface area contributed by atoms with Gasteiger partial charge in [0.1, 0.15) is 0 Å². The molecule has 0 radical (unpaired) electrons. The lowest BCUT2D eigenvalue weighted by Gasteiger charge is -2.07. The van der Waals surface area contributed by atoms with Crippen molar-refractivity contribution in [2.24, 2.45) is 0 Å². The number of nitrogens with zero attached hydrogens (tertiary/aromatic N) is 1. The van der Waals surface area contributed by atoms with Crippen LogP contribution < -0.4 is 5.32 Å². The second kappa shape index (κ2) is 5.97. The minimum atomic E-state index is -1.18. The summed E-state index contributed by atoms with van der Waals surface area (Å²) in [5.41, 5.74) is 1.62. The number of aryl methyl sites for hydroxylation is 1. The van der Waals surface area contributed by atoms with E-state index in [0.717, 1.165) is 12.0 Å². The number of aromatic nitrogens is 1. The third-order valence-electron chi connectivity index (χ3n) is 2.88. The van der Waals surface area contributed by atoms with E-state index >= 15 is 0 Å². The lowest BCUT2D eigenvalue weighted by molar-refractivity contribution is 0.0692. The number of benzene rings is 1. The van der Waals surface area contributed by atoms with E-state index in [1.165, 1.54) is 12.3 Å². The van der Waals surface area contributed by atoms with Crippen molar-refractivity contribution in [2.45, 2.75) is 13.3 Å². The zero-order valence-electron chi connectivity index (χ0n) is 11.0. The number of carbonyl (C=O) groups is 2. The molecule has 0 aliphatic carbocycles. The maximum absolute atomic E-state index is 12.1. The fourth-order valence-corrected chi connectivity index (χ4v) is 1.76. The maximum atomic E-state index is 12.1. The molecule has 1 heterocycles. The van der Waals surface area contributed by atoms with Gasteiger partial charge in [0, 0.05) is 11.8 Å². The first-order chi connectivity index (χ1) is 9.61. The second-order valence-electron chi connectivity index (χ2n) is 4.21. The van der Waals surface area contributed by atoms with Crippen LogP contribution in [0.15, 0.2) is 42.6 Å². The van der Waals surface area contributed by atoms with E-state index in [0.29, 0.717) is 5.56 Å². The Kier molecular flexibility index (Phi) is 4.10. The summed E-state index contributed by atoms with van der Waals surface area (Å²) in [6.45, 7) is 2.03. The van der Waals surface area contributed by atoms with Crippen LogP contribution in [0.2, 0.25) is 0 Å². The molecule has 5 heteroatoms. The van der Waals surface area contributed by atoms with Crippen LogP contribution >= 0.6 is 0 Å². The van der Waals surface area contributed by atoms with Gasteiger partial charge in [-0.1, -0.05) is 19.1 Å². The lowest BCUT2D eigenvalue weighted by atomic mass is 10.1. The van der Waals surface area contributed by atoms with Crippen LogP contribution in [0.25, 0.3) is 0 Å². The maximum Gasteiger partial charge on any atom is 0.356 e. The molecular weight excluding hydrogens is 256 g/mol. The average Bonchev–Trinajstić information content (AvgIpc) is 2.47. The number of rotatable bonds is 4. The SMILES string of the molecule is CCc1ccc(C(=O)Nc2cccnc2C(=O)O)cc1. The summed E-state index contributed by atoms with van der Waals surface area (Å²) >= 11 is 0. The molecule has 0 unspecified atom stereocenters. The first kappa shape index (κ1) is 13.7. The monoisotopic (exact) mass is 270 g/mol. The Balaban J connectivity index is 2.21. The Labute approximate surface area is 116 Å². The molecule has 20 heavy (non-hydrogen) atoms.